The number of fused-ring (bicyclic) bond motifs is 3. The van der Waals surface area contributed by atoms with E-state index in [1.165, 1.54) is 0 Å². The van der Waals surface area contributed by atoms with E-state index in [-0.39, 0.29) is 11.0 Å². The summed E-state index contributed by atoms with van der Waals surface area (Å²) in [5, 5.41) is 0.821. The molecule has 7 heteroatoms. The van der Waals surface area contributed by atoms with Crippen LogP contribution in [0.2, 0.25) is 0 Å². The average molecular weight is 352 g/mol. The zero-order chi connectivity index (χ0) is 17.6. The van der Waals surface area contributed by atoms with Crippen molar-refractivity contribution in [3.63, 3.8) is 0 Å². The third-order valence-electron chi connectivity index (χ3n) is 4.09. The first-order chi connectivity index (χ1) is 11.9. The number of hydrogen-bond acceptors (Lipinski definition) is 5. The minimum Gasteiger partial charge on any atom is -0.382 e. The number of rotatable bonds is 3. The molecule has 0 unspecified atom stereocenters. The molecule has 0 saturated heterocycles. The molecule has 4 aromatic rings. The number of nitrogen functional groups attached to an aromatic ring is 1. The number of hydrogen-bond donors (Lipinski definition) is 1. The van der Waals surface area contributed by atoms with E-state index in [9.17, 15) is 8.42 Å². The van der Waals surface area contributed by atoms with Gasteiger partial charge in [0.2, 0.25) is 15.0 Å². The highest BCUT2D eigenvalue weighted by molar-refractivity contribution is 7.90. The van der Waals surface area contributed by atoms with Crippen molar-refractivity contribution in [1.82, 2.24) is 14.5 Å². The Kier molecular flexibility index (Phi) is 3.47. The lowest BCUT2D eigenvalue weighted by Crippen LogP contribution is -2.10. The highest BCUT2D eigenvalue weighted by atomic mass is 32.2. The number of imidazole rings is 1. The molecule has 2 heterocycles. The van der Waals surface area contributed by atoms with Crippen LogP contribution < -0.4 is 5.73 Å². The quantitative estimate of drug-likeness (QED) is 0.612. The van der Waals surface area contributed by atoms with E-state index in [4.69, 9.17) is 5.73 Å². The van der Waals surface area contributed by atoms with Crippen LogP contribution in [0.5, 0.6) is 0 Å². The van der Waals surface area contributed by atoms with E-state index in [2.05, 4.69) is 9.97 Å². The van der Waals surface area contributed by atoms with Gasteiger partial charge in [-0.3, -0.25) is 0 Å². The van der Waals surface area contributed by atoms with Crippen LogP contribution in [0.1, 0.15) is 5.56 Å². The predicted octanol–water partition coefficient (Wildman–Crippen LogP) is 2.62. The zero-order valence-electron chi connectivity index (χ0n) is 13.5. The van der Waals surface area contributed by atoms with E-state index in [1.54, 1.807) is 4.57 Å². The molecule has 0 radical (unpaired) electrons. The third-order valence-corrected chi connectivity index (χ3v) is 5.07. The lowest BCUT2D eigenvalue weighted by Gasteiger charge is -2.10. The van der Waals surface area contributed by atoms with E-state index in [0.717, 1.165) is 17.2 Å². The maximum atomic E-state index is 12.3. The third kappa shape index (κ3) is 2.62. The monoisotopic (exact) mass is 352 g/mol. The molecule has 4 rings (SSSR count). The number of nitrogens with two attached hydrogens (primary N) is 1. The molecule has 0 saturated carbocycles. The van der Waals surface area contributed by atoms with Gasteiger partial charge in [-0.15, -0.1) is 0 Å². The Morgan fingerprint density at radius 2 is 1.68 bits per heavy atom. The predicted molar refractivity (Wildman–Crippen MR) is 98.1 cm³/mol. The van der Waals surface area contributed by atoms with Crippen molar-refractivity contribution in [3.8, 4) is 0 Å². The first kappa shape index (κ1) is 15.6. The largest absolute Gasteiger partial charge is 0.382 e. The molecule has 25 heavy (non-hydrogen) atoms. The molecular formula is C18H16N4O2S. The second kappa shape index (κ2) is 5.56. The number of sulfone groups is 1. The zero-order valence-corrected chi connectivity index (χ0v) is 14.4. The minimum absolute atomic E-state index is 0.00351. The van der Waals surface area contributed by atoms with Crippen LogP contribution in [0.3, 0.4) is 0 Å². The molecule has 0 aliphatic heterocycles. The van der Waals surface area contributed by atoms with E-state index < -0.39 is 9.84 Å². The topological polar surface area (TPSA) is 90.9 Å². The Bertz CT molecular complexity index is 1200. The van der Waals surface area contributed by atoms with E-state index in [1.807, 2.05) is 54.6 Å². The lowest BCUT2D eigenvalue weighted by molar-refractivity contribution is 0.581. The molecule has 0 aliphatic rings. The van der Waals surface area contributed by atoms with Crippen molar-refractivity contribution in [1.29, 1.82) is 0 Å². The summed E-state index contributed by atoms with van der Waals surface area (Å²) in [4.78, 5) is 8.67. The molecule has 126 valence electrons. The number of pyridine rings is 1. The second-order valence-corrected chi connectivity index (χ2v) is 7.86. The second-order valence-electron chi connectivity index (χ2n) is 5.95. The van der Waals surface area contributed by atoms with Gasteiger partial charge >= 0.3 is 0 Å². The molecule has 0 amide bonds. The summed E-state index contributed by atoms with van der Waals surface area (Å²) >= 11 is 0. The van der Waals surface area contributed by atoms with E-state index in [0.29, 0.717) is 23.1 Å². The fraction of sp³-hybridized carbons (Fsp3) is 0.111. The number of nitrogens with zero attached hydrogens (tertiary/aromatic N) is 3. The van der Waals surface area contributed by atoms with Gasteiger partial charge in [0.15, 0.2) is 5.82 Å². The minimum atomic E-state index is -3.53. The number of para-hydroxylation sites is 1. The molecule has 0 aliphatic carbocycles. The maximum absolute atomic E-state index is 12.3. The molecule has 0 atom stereocenters. The molecule has 2 aromatic heterocycles. The van der Waals surface area contributed by atoms with Gasteiger partial charge in [0, 0.05) is 11.6 Å². The smallest absolute Gasteiger partial charge is 0.228 e. The Morgan fingerprint density at radius 3 is 2.40 bits per heavy atom. The van der Waals surface area contributed by atoms with Gasteiger partial charge in [-0.1, -0.05) is 48.5 Å². The van der Waals surface area contributed by atoms with Crippen LogP contribution in [0.4, 0.5) is 5.82 Å². The normalized spacial score (nSPS) is 12.0. The van der Waals surface area contributed by atoms with Crippen LogP contribution in [0.15, 0.2) is 59.8 Å². The highest BCUT2D eigenvalue weighted by Crippen LogP contribution is 2.30. The Hall–Kier alpha value is -2.93. The standard InChI is InChI=1S/C18H16N4O2S/c1-25(23,24)18-21-15-16(22(18)11-12-7-3-2-4-8-12)13-9-5-6-10-14(13)20-17(15)19/h2-10H,11H2,1H3,(H2,19,20). The molecule has 6 nitrogen and oxygen atoms in total. The van der Waals surface area contributed by atoms with Gasteiger partial charge < -0.3 is 10.3 Å². The molecular weight excluding hydrogens is 336 g/mol. The van der Waals surface area contributed by atoms with Gasteiger partial charge in [0.05, 0.1) is 17.6 Å². The average Bonchev–Trinajstić information content (AvgIpc) is 2.96. The van der Waals surface area contributed by atoms with Crippen LogP contribution >= 0.6 is 0 Å². The van der Waals surface area contributed by atoms with Crippen LogP contribution in [0, 0.1) is 0 Å². The number of benzene rings is 2. The fourth-order valence-electron chi connectivity index (χ4n) is 3.03. The van der Waals surface area contributed by atoms with Crippen LogP contribution in [-0.2, 0) is 16.4 Å². The lowest BCUT2D eigenvalue weighted by atomic mass is 10.1. The summed E-state index contributed by atoms with van der Waals surface area (Å²) in [5.41, 5.74) is 8.85. The summed E-state index contributed by atoms with van der Waals surface area (Å²) < 4.78 is 26.3. The molecule has 0 bridgehead atoms. The first-order valence-corrected chi connectivity index (χ1v) is 9.63. The molecule has 2 N–H and O–H groups in total. The molecule has 0 spiro atoms. The van der Waals surface area contributed by atoms with Crippen molar-refractivity contribution in [2.75, 3.05) is 12.0 Å². The van der Waals surface area contributed by atoms with Gasteiger partial charge in [0.25, 0.3) is 0 Å². The van der Waals surface area contributed by atoms with Crippen LogP contribution in [0.25, 0.3) is 21.9 Å². The van der Waals surface area contributed by atoms with Crippen molar-refractivity contribution in [2.24, 2.45) is 0 Å². The summed E-state index contributed by atoms with van der Waals surface area (Å²) in [6, 6.07) is 17.2. The molecule has 0 fully saturated rings. The van der Waals surface area contributed by atoms with Crippen molar-refractivity contribution < 1.29 is 8.42 Å². The van der Waals surface area contributed by atoms with Gasteiger partial charge in [-0.25, -0.2) is 18.4 Å². The summed E-state index contributed by atoms with van der Waals surface area (Å²) in [6.45, 7) is 0.382. The SMILES string of the molecule is CS(=O)(=O)c1nc2c(N)nc3ccccc3c2n1Cc1ccccc1. The Balaban J connectivity index is 2.13. The van der Waals surface area contributed by atoms with Gasteiger partial charge in [-0.2, -0.15) is 0 Å². The summed E-state index contributed by atoms with van der Waals surface area (Å²) in [7, 11) is -3.53. The van der Waals surface area contributed by atoms with E-state index >= 15 is 0 Å². The van der Waals surface area contributed by atoms with Gasteiger partial charge in [0.1, 0.15) is 5.52 Å². The van der Waals surface area contributed by atoms with Crippen molar-refractivity contribution >= 4 is 37.6 Å². The fourth-order valence-corrected chi connectivity index (χ4v) is 3.85. The highest BCUT2D eigenvalue weighted by Gasteiger charge is 2.23. The van der Waals surface area contributed by atoms with Crippen molar-refractivity contribution in [3.05, 3.63) is 60.2 Å². The van der Waals surface area contributed by atoms with Crippen molar-refractivity contribution in [2.45, 2.75) is 11.7 Å². The number of aromatic nitrogens is 3. The Morgan fingerprint density at radius 1 is 1.00 bits per heavy atom. The number of anilines is 1. The molecule has 2 aromatic carbocycles. The summed E-state index contributed by atoms with van der Waals surface area (Å²) in [6.07, 6.45) is 1.15. The Labute approximate surface area is 144 Å². The van der Waals surface area contributed by atoms with Gasteiger partial charge in [-0.05, 0) is 11.6 Å². The summed E-state index contributed by atoms with van der Waals surface area (Å²) in [5.74, 6) is 0.227. The van der Waals surface area contributed by atoms with Crippen LogP contribution in [-0.4, -0.2) is 29.2 Å². The first-order valence-electron chi connectivity index (χ1n) is 7.73. The maximum Gasteiger partial charge on any atom is 0.228 e.